The SMILES string of the molecule is COc1ccc([CH]N)c(Cl)c1. The van der Waals surface area contributed by atoms with Crippen molar-refractivity contribution in [2.45, 2.75) is 0 Å². The second-order valence-electron chi connectivity index (χ2n) is 2.05. The minimum atomic E-state index is 0.604. The van der Waals surface area contributed by atoms with E-state index in [4.69, 9.17) is 22.1 Å². The first kappa shape index (κ1) is 8.37. The normalized spacial score (nSPS) is 9.73. The monoisotopic (exact) mass is 170 g/mol. The fourth-order valence-electron chi connectivity index (χ4n) is 0.770. The van der Waals surface area contributed by atoms with Crippen molar-refractivity contribution in [2.24, 2.45) is 5.73 Å². The lowest BCUT2D eigenvalue weighted by Crippen LogP contribution is -1.93. The Hall–Kier alpha value is -0.730. The first-order valence-electron chi connectivity index (χ1n) is 3.16. The number of benzene rings is 1. The van der Waals surface area contributed by atoms with Crippen LogP contribution < -0.4 is 10.5 Å². The largest absolute Gasteiger partial charge is 0.497 e. The molecule has 0 amide bonds. The van der Waals surface area contributed by atoms with Gasteiger partial charge in [0.15, 0.2) is 0 Å². The van der Waals surface area contributed by atoms with Gasteiger partial charge in [0.05, 0.1) is 13.7 Å². The summed E-state index contributed by atoms with van der Waals surface area (Å²) >= 11 is 5.82. The quantitative estimate of drug-likeness (QED) is 0.735. The van der Waals surface area contributed by atoms with E-state index in [1.165, 1.54) is 6.54 Å². The van der Waals surface area contributed by atoms with Crippen molar-refractivity contribution in [3.8, 4) is 5.75 Å². The molecule has 3 heteroatoms. The first-order valence-corrected chi connectivity index (χ1v) is 3.54. The van der Waals surface area contributed by atoms with Crippen LogP contribution in [-0.2, 0) is 0 Å². The van der Waals surface area contributed by atoms with E-state index >= 15 is 0 Å². The molecule has 2 nitrogen and oxygen atoms in total. The van der Waals surface area contributed by atoms with Crippen LogP contribution in [-0.4, -0.2) is 7.11 Å². The predicted octanol–water partition coefficient (Wildman–Crippen LogP) is 1.82. The topological polar surface area (TPSA) is 35.2 Å². The van der Waals surface area contributed by atoms with Crippen molar-refractivity contribution in [3.63, 3.8) is 0 Å². The molecule has 2 N–H and O–H groups in total. The van der Waals surface area contributed by atoms with Gasteiger partial charge in [0.1, 0.15) is 5.75 Å². The molecule has 59 valence electrons. The Kier molecular flexibility index (Phi) is 2.74. The zero-order valence-electron chi connectivity index (χ0n) is 6.17. The van der Waals surface area contributed by atoms with Crippen LogP contribution in [0.3, 0.4) is 0 Å². The summed E-state index contributed by atoms with van der Waals surface area (Å²) in [4.78, 5) is 0. The average molecular weight is 171 g/mol. The van der Waals surface area contributed by atoms with E-state index in [0.717, 1.165) is 11.3 Å². The molecule has 1 radical (unpaired) electrons. The lowest BCUT2D eigenvalue weighted by atomic mass is 10.2. The molecule has 0 unspecified atom stereocenters. The Morgan fingerprint density at radius 2 is 2.27 bits per heavy atom. The molecule has 0 atom stereocenters. The smallest absolute Gasteiger partial charge is 0.120 e. The van der Waals surface area contributed by atoms with Crippen LogP contribution in [0.15, 0.2) is 18.2 Å². The lowest BCUT2D eigenvalue weighted by Gasteiger charge is -2.02. The predicted molar refractivity (Wildman–Crippen MR) is 45.6 cm³/mol. The number of ether oxygens (including phenoxy) is 1. The highest BCUT2D eigenvalue weighted by molar-refractivity contribution is 6.31. The van der Waals surface area contributed by atoms with E-state index in [1.54, 1.807) is 19.2 Å². The molecule has 0 aliphatic carbocycles. The van der Waals surface area contributed by atoms with E-state index in [0.29, 0.717) is 5.02 Å². The van der Waals surface area contributed by atoms with Crippen LogP contribution >= 0.6 is 11.6 Å². The third kappa shape index (κ3) is 1.85. The third-order valence-corrected chi connectivity index (χ3v) is 1.71. The van der Waals surface area contributed by atoms with Crippen LogP contribution in [0.5, 0.6) is 5.75 Å². The van der Waals surface area contributed by atoms with Crippen molar-refractivity contribution < 1.29 is 4.74 Å². The van der Waals surface area contributed by atoms with Gasteiger partial charge in [-0.15, -0.1) is 0 Å². The van der Waals surface area contributed by atoms with Crippen LogP contribution in [0.2, 0.25) is 5.02 Å². The maximum atomic E-state index is 5.82. The summed E-state index contributed by atoms with van der Waals surface area (Å²) in [5.41, 5.74) is 6.10. The fraction of sp³-hybridized carbons (Fsp3) is 0.125. The Labute approximate surface area is 70.9 Å². The highest BCUT2D eigenvalue weighted by atomic mass is 35.5. The molecule has 0 aliphatic rings. The summed E-state index contributed by atoms with van der Waals surface area (Å²) < 4.78 is 4.96. The van der Waals surface area contributed by atoms with Crippen molar-refractivity contribution in [3.05, 3.63) is 35.3 Å². The number of nitrogens with two attached hydrogens (primary N) is 1. The molecule has 0 fully saturated rings. The molecule has 0 heterocycles. The molecular weight excluding hydrogens is 162 g/mol. The number of halogens is 1. The van der Waals surface area contributed by atoms with Gasteiger partial charge in [0.25, 0.3) is 0 Å². The summed E-state index contributed by atoms with van der Waals surface area (Å²) in [5, 5.41) is 0.604. The van der Waals surface area contributed by atoms with Gasteiger partial charge in [-0.25, -0.2) is 0 Å². The molecule has 1 aromatic carbocycles. The Balaban J connectivity index is 2.99. The number of methoxy groups -OCH3 is 1. The van der Waals surface area contributed by atoms with E-state index in [9.17, 15) is 0 Å². The summed E-state index contributed by atoms with van der Waals surface area (Å²) in [6.45, 7) is 1.46. The Bertz CT molecular complexity index is 250. The number of rotatable bonds is 2. The molecule has 0 spiro atoms. The number of hydrogen-bond donors (Lipinski definition) is 1. The van der Waals surface area contributed by atoms with E-state index in [-0.39, 0.29) is 0 Å². The summed E-state index contributed by atoms with van der Waals surface area (Å²) in [6.07, 6.45) is 0. The van der Waals surface area contributed by atoms with Crippen molar-refractivity contribution in [2.75, 3.05) is 7.11 Å². The third-order valence-electron chi connectivity index (χ3n) is 1.39. The molecule has 0 saturated carbocycles. The lowest BCUT2D eigenvalue weighted by molar-refractivity contribution is 0.415. The zero-order chi connectivity index (χ0) is 8.27. The Morgan fingerprint density at radius 1 is 1.55 bits per heavy atom. The molecule has 0 saturated heterocycles. The van der Waals surface area contributed by atoms with Gasteiger partial charge in [0, 0.05) is 5.02 Å². The second kappa shape index (κ2) is 3.60. The zero-order valence-corrected chi connectivity index (χ0v) is 6.93. The fourth-order valence-corrected chi connectivity index (χ4v) is 1.00. The van der Waals surface area contributed by atoms with Crippen molar-refractivity contribution >= 4 is 11.6 Å². The van der Waals surface area contributed by atoms with E-state index in [1.807, 2.05) is 6.07 Å². The Morgan fingerprint density at radius 3 is 2.73 bits per heavy atom. The van der Waals surface area contributed by atoms with Gasteiger partial charge >= 0.3 is 0 Å². The van der Waals surface area contributed by atoms with Gasteiger partial charge in [-0.2, -0.15) is 0 Å². The molecule has 0 bridgehead atoms. The average Bonchev–Trinajstić information content (AvgIpc) is 2.04. The number of hydrogen-bond acceptors (Lipinski definition) is 2. The van der Waals surface area contributed by atoms with E-state index < -0.39 is 0 Å². The molecule has 1 aromatic rings. The molecule has 11 heavy (non-hydrogen) atoms. The highest BCUT2D eigenvalue weighted by Gasteiger charge is 1.99. The first-order chi connectivity index (χ1) is 5.27. The molecule has 0 aromatic heterocycles. The van der Waals surface area contributed by atoms with E-state index in [2.05, 4.69) is 0 Å². The van der Waals surface area contributed by atoms with Crippen LogP contribution in [0, 0.1) is 6.54 Å². The van der Waals surface area contributed by atoms with Crippen LogP contribution in [0.25, 0.3) is 0 Å². The van der Waals surface area contributed by atoms with Gasteiger partial charge < -0.3 is 10.5 Å². The molecule has 0 aliphatic heterocycles. The summed E-state index contributed by atoms with van der Waals surface area (Å²) in [7, 11) is 1.59. The van der Waals surface area contributed by atoms with Gasteiger partial charge in [0.2, 0.25) is 0 Å². The molecule has 1 rings (SSSR count). The second-order valence-corrected chi connectivity index (χ2v) is 2.46. The maximum absolute atomic E-state index is 5.82. The maximum Gasteiger partial charge on any atom is 0.120 e. The minimum Gasteiger partial charge on any atom is -0.497 e. The summed E-state index contributed by atoms with van der Waals surface area (Å²) in [6, 6.07) is 5.34. The van der Waals surface area contributed by atoms with Gasteiger partial charge in [-0.1, -0.05) is 17.7 Å². The minimum absolute atomic E-state index is 0.604. The molecular formula is C8H9ClNO. The standard InChI is InChI=1S/C8H9ClNO/c1-11-7-3-2-6(5-10)8(9)4-7/h2-5H,10H2,1H3. The van der Waals surface area contributed by atoms with Crippen LogP contribution in [0.4, 0.5) is 0 Å². The highest BCUT2D eigenvalue weighted by Crippen LogP contribution is 2.21. The van der Waals surface area contributed by atoms with Gasteiger partial charge in [-0.3, -0.25) is 0 Å². The summed E-state index contributed by atoms with van der Waals surface area (Å²) in [5.74, 6) is 0.737. The van der Waals surface area contributed by atoms with Gasteiger partial charge in [-0.05, 0) is 17.7 Å². The van der Waals surface area contributed by atoms with Crippen LogP contribution in [0.1, 0.15) is 5.56 Å². The van der Waals surface area contributed by atoms with Crippen molar-refractivity contribution in [1.29, 1.82) is 0 Å². The van der Waals surface area contributed by atoms with Crippen molar-refractivity contribution in [1.82, 2.24) is 0 Å².